The van der Waals surface area contributed by atoms with E-state index in [9.17, 15) is 8.42 Å². The van der Waals surface area contributed by atoms with Crippen molar-refractivity contribution in [3.8, 4) is 5.75 Å². The molecule has 1 heterocycles. The van der Waals surface area contributed by atoms with Crippen LogP contribution in [0.1, 0.15) is 19.5 Å². The molecule has 0 spiro atoms. The molecule has 0 radical (unpaired) electrons. The Balaban J connectivity index is 1.85. The summed E-state index contributed by atoms with van der Waals surface area (Å²) in [6, 6.07) is 20.1. The number of halogens is 2. The Hall–Kier alpha value is -2.84. The minimum atomic E-state index is -4.02. The number of pyridine rings is 1. The second-order valence-electron chi connectivity index (χ2n) is 8.24. The average Bonchev–Trinajstić information content (AvgIpc) is 2.85. The first-order chi connectivity index (χ1) is 17.2. The number of sulfonamides is 1. The number of hydrogen-bond acceptors (Lipinski definition) is 5. The Labute approximate surface area is 222 Å². The van der Waals surface area contributed by atoms with Crippen LogP contribution in [-0.4, -0.2) is 38.1 Å². The van der Waals surface area contributed by atoms with Gasteiger partial charge in [0.25, 0.3) is 10.0 Å². The van der Waals surface area contributed by atoms with Crippen LogP contribution in [0, 0.1) is 6.92 Å². The maximum atomic E-state index is 14.0. The number of fused-ring (bicyclic) bond motifs is 1. The van der Waals surface area contributed by atoms with E-state index in [0.29, 0.717) is 50.5 Å². The summed E-state index contributed by atoms with van der Waals surface area (Å²) in [6.45, 7) is 8.17. The van der Waals surface area contributed by atoms with Crippen molar-refractivity contribution in [3.63, 3.8) is 0 Å². The maximum absolute atomic E-state index is 14.0. The molecule has 0 aliphatic heterocycles. The Morgan fingerprint density at radius 1 is 0.861 bits per heavy atom. The zero-order chi connectivity index (χ0) is 25.9. The topological polar surface area (TPSA) is 62.7 Å². The molecule has 6 nitrogen and oxygen atoms in total. The third-order valence-corrected chi connectivity index (χ3v) is 8.07. The van der Waals surface area contributed by atoms with Crippen LogP contribution < -0.4 is 9.04 Å². The molecule has 0 saturated heterocycles. The summed E-state index contributed by atoms with van der Waals surface area (Å²) in [4.78, 5) is 6.82. The first kappa shape index (κ1) is 26.2. The number of benzene rings is 3. The largest absolute Gasteiger partial charge is 0.478 e. The summed E-state index contributed by atoms with van der Waals surface area (Å²) in [5.74, 6) is 0.650. The third-order valence-electron chi connectivity index (χ3n) is 5.83. The molecule has 4 aromatic rings. The molecule has 188 valence electrons. The Kier molecular flexibility index (Phi) is 8.05. The number of ether oxygens (including phenoxy) is 1. The summed E-state index contributed by atoms with van der Waals surface area (Å²) < 4.78 is 35.3. The van der Waals surface area contributed by atoms with Crippen molar-refractivity contribution < 1.29 is 13.2 Å². The predicted molar refractivity (Wildman–Crippen MR) is 147 cm³/mol. The van der Waals surface area contributed by atoms with Gasteiger partial charge in [0, 0.05) is 21.1 Å². The standard InChI is InChI=1S/C27H27Cl2N3O3S/c1-4-31(5-2)18-35-23-11-9-22(10-12-23)32(36(33,34)24-13-6-20(28)7-14-24)27-16-19(3)30-26-17-21(29)8-15-25(26)27/h6-17H,4-5,18H2,1-3H3. The van der Waals surface area contributed by atoms with E-state index in [1.807, 2.05) is 6.92 Å². The van der Waals surface area contributed by atoms with Crippen LogP contribution in [0.2, 0.25) is 10.0 Å². The summed E-state index contributed by atoms with van der Waals surface area (Å²) in [5, 5.41) is 1.63. The van der Waals surface area contributed by atoms with E-state index in [2.05, 4.69) is 23.7 Å². The molecule has 0 aliphatic rings. The minimum absolute atomic E-state index is 0.116. The molecule has 0 fully saturated rings. The van der Waals surface area contributed by atoms with Gasteiger partial charge in [0.1, 0.15) is 12.5 Å². The molecule has 9 heteroatoms. The van der Waals surface area contributed by atoms with Gasteiger partial charge in [0.2, 0.25) is 0 Å². The SMILES string of the molecule is CCN(CC)COc1ccc(N(c2cc(C)nc3cc(Cl)ccc23)S(=O)(=O)c2ccc(Cl)cc2)cc1. The highest BCUT2D eigenvalue weighted by atomic mass is 35.5. The smallest absolute Gasteiger partial charge is 0.268 e. The van der Waals surface area contributed by atoms with Gasteiger partial charge in [-0.3, -0.25) is 9.88 Å². The number of rotatable bonds is 9. The normalized spacial score (nSPS) is 11.7. The van der Waals surface area contributed by atoms with E-state index in [4.69, 9.17) is 27.9 Å². The highest BCUT2D eigenvalue weighted by Gasteiger charge is 2.29. The average molecular weight is 545 g/mol. The van der Waals surface area contributed by atoms with Gasteiger partial charge in [0.05, 0.1) is 21.8 Å². The molecular weight excluding hydrogens is 517 g/mol. The molecule has 4 rings (SSSR count). The lowest BCUT2D eigenvalue weighted by atomic mass is 10.1. The molecule has 0 unspecified atom stereocenters. The second-order valence-corrected chi connectivity index (χ2v) is 10.9. The van der Waals surface area contributed by atoms with Crippen LogP contribution in [0.3, 0.4) is 0 Å². The zero-order valence-corrected chi connectivity index (χ0v) is 22.6. The quantitative estimate of drug-likeness (QED) is 0.211. The molecule has 0 saturated carbocycles. The Morgan fingerprint density at radius 2 is 1.50 bits per heavy atom. The van der Waals surface area contributed by atoms with Gasteiger partial charge in [-0.2, -0.15) is 0 Å². The molecule has 0 bridgehead atoms. The Bertz CT molecular complexity index is 1450. The highest BCUT2D eigenvalue weighted by molar-refractivity contribution is 7.93. The molecule has 0 atom stereocenters. The Morgan fingerprint density at radius 3 is 2.14 bits per heavy atom. The fraction of sp³-hybridized carbons (Fsp3) is 0.222. The molecule has 0 N–H and O–H groups in total. The van der Waals surface area contributed by atoms with Crippen LogP contribution in [0.25, 0.3) is 10.9 Å². The van der Waals surface area contributed by atoms with Crippen molar-refractivity contribution in [3.05, 3.63) is 88.5 Å². The molecular formula is C27H27Cl2N3O3S. The van der Waals surface area contributed by atoms with Gasteiger partial charge in [-0.1, -0.05) is 37.0 Å². The number of hydrogen-bond donors (Lipinski definition) is 0. The van der Waals surface area contributed by atoms with Crippen LogP contribution in [-0.2, 0) is 10.0 Å². The van der Waals surface area contributed by atoms with E-state index in [1.54, 1.807) is 60.7 Å². The molecule has 0 amide bonds. The number of aryl methyl sites for hydroxylation is 1. The summed E-state index contributed by atoms with van der Waals surface area (Å²) in [5.41, 5.74) is 2.20. The number of aromatic nitrogens is 1. The number of anilines is 2. The molecule has 0 aliphatic carbocycles. The van der Waals surface area contributed by atoms with Gasteiger partial charge in [-0.05, 0) is 92.8 Å². The predicted octanol–water partition coefficient (Wildman–Crippen LogP) is 7.06. The van der Waals surface area contributed by atoms with E-state index in [0.717, 1.165) is 13.1 Å². The van der Waals surface area contributed by atoms with Gasteiger partial charge in [0.15, 0.2) is 0 Å². The van der Waals surface area contributed by atoms with Crippen molar-refractivity contribution in [2.45, 2.75) is 25.7 Å². The van der Waals surface area contributed by atoms with Gasteiger partial charge < -0.3 is 4.74 Å². The van der Waals surface area contributed by atoms with Crippen LogP contribution in [0.4, 0.5) is 11.4 Å². The van der Waals surface area contributed by atoms with E-state index in [1.165, 1.54) is 16.4 Å². The summed E-state index contributed by atoms with van der Waals surface area (Å²) in [6.07, 6.45) is 0. The monoisotopic (exact) mass is 543 g/mol. The lowest BCUT2D eigenvalue weighted by Gasteiger charge is -2.26. The van der Waals surface area contributed by atoms with Gasteiger partial charge in [-0.15, -0.1) is 0 Å². The summed E-state index contributed by atoms with van der Waals surface area (Å²) in [7, 11) is -4.02. The van der Waals surface area contributed by atoms with Crippen molar-refractivity contribution in [1.82, 2.24) is 9.88 Å². The third kappa shape index (κ3) is 5.60. The first-order valence-electron chi connectivity index (χ1n) is 11.6. The van der Waals surface area contributed by atoms with Crippen molar-refractivity contribution in [2.24, 2.45) is 0 Å². The van der Waals surface area contributed by atoms with Crippen LogP contribution >= 0.6 is 23.2 Å². The van der Waals surface area contributed by atoms with Crippen molar-refractivity contribution in [1.29, 1.82) is 0 Å². The van der Waals surface area contributed by atoms with E-state index < -0.39 is 10.0 Å². The lowest BCUT2D eigenvalue weighted by Crippen LogP contribution is -2.28. The fourth-order valence-electron chi connectivity index (χ4n) is 3.85. The molecule has 1 aromatic heterocycles. The number of nitrogens with zero attached hydrogens (tertiary/aromatic N) is 3. The molecule has 3 aromatic carbocycles. The van der Waals surface area contributed by atoms with E-state index in [-0.39, 0.29) is 4.90 Å². The second kappa shape index (κ2) is 11.0. The zero-order valence-electron chi connectivity index (χ0n) is 20.3. The first-order valence-corrected chi connectivity index (χ1v) is 13.8. The van der Waals surface area contributed by atoms with E-state index >= 15 is 0 Å². The molecule has 36 heavy (non-hydrogen) atoms. The van der Waals surface area contributed by atoms with Gasteiger partial charge in [-0.25, -0.2) is 12.7 Å². The summed E-state index contributed by atoms with van der Waals surface area (Å²) >= 11 is 12.2. The van der Waals surface area contributed by atoms with Crippen molar-refractivity contribution in [2.75, 3.05) is 24.1 Å². The van der Waals surface area contributed by atoms with Gasteiger partial charge >= 0.3 is 0 Å². The van der Waals surface area contributed by atoms with Crippen molar-refractivity contribution >= 4 is 55.5 Å². The lowest BCUT2D eigenvalue weighted by molar-refractivity contribution is 0.137. The van der Waals surface area contributed by atoms with Crippen LogP contribution in [0.15, 0.2) is 77.7 Å². The highest BCUT2D eigenvalue weighted by Crippen LogP contribution is 2.38. The minimum Gasteiger partial charge on any atom is -0.478 e. The van der Waals surface area contributed by atoms with Crippen LogP contribution in [0.5, 0.6) is 5.75 Å². The fourth-order valence-corrected chi connectivity index (χ4v) is 5.64. The maximum Gasteiger partial charge on any atom is 0.268 e.